The Hall–Kier alpha value is -4.97. The van der Waals surface area contributed by atoms with Gasteiger partial charge >= 0.3 is 0 Å². The van der Waals surface area contributed by atoms with Crippen molar-refractivity contribution in [2.75, 3.05) is 12.4 Å². The van der Waals surface area contributed by atoms with E-state index < -0.39 is 0 Å². The molecule has 6 rings (SSSR count). The minimum absolute atomic E-state index is 0.653. The van der Waals surface area contributed by atoms with Crippen LogP contribution in [0, 0.1) is 6.92 Å². The van der Waals surface area contributed by atoms with Crippen LogP contribution in [0.1, 0.15) is 36.1 Å². The van der Waals surface area contributed by atoms with Gasteiger partial charge in [0.05, 0.1) is 23.5 Å². The molecule has 0 aliphatic heterocycles. The normalized spacial score (nSPS) is 10.1. The number of hydrogen-bond donors (Lipinski definition) is 1. The molecule has 0 spiro atoms. The van der Waals surface area contributed by atoms with Crippen LogP contribution in [0.15, 0.2) is 126 Å². The Morgan fingerprint density at radius 2 is 1.56 bits per heavy atom. The molecule has 4 aromatic carbocycles. The molecule has 2 heterocycles. The first kappa shape index (κ1) is 32.9. The molecule has 0 aliphatic carbocycles. The van der Waals surface area contributed by atoms with E-state index in [1.54, 1.807) is 20.2 Å². The SMILES string of the molecule is CC(=C=O)c1ccccc1.CCc1cccc(CNc2cc(-c3ccccc3C)nc3c(Br)cnn23)c1.COc1ccccc1. The van der Waals surface area contributed by atoms with Gasteiger partial charge < -0.3 is 10.1 Å². The molecule has 0 radical (unpaired) electrons. The minimum atomic E-state index is 0.653. The van der Waals surface area contributed by atoms with E-state index in [9.17, 15) is 4.79 Å². The Morgan fingerprint density at radius 1 is 0.889 bits per heavy atom. The largest absolute Gasteiger partial charge is 0.497 e. The third-order valence-corrected chi connectivity index (χ3v) is 7.62. The molecular weight excluding hydrogens is 624 g/mol. The number of nitrogens with zero attached hydrogens (tertiary/aromatic N) is 3. The number of hydrogen-bond acceptors (Lipinski definition) is 5. The van der Waals surface area contributed by atoms with Crippen molar-refractivity contribution in [3.63, 3.8) is 0 Å². The number of rotatable bonds is 7. The summed E-state index contributed by atoms with van der Waals surface area (Å²) in [5.41, 5.74) is 8.26. The van der Waals surface area contributed by atoms with Crippen LogP contribution in [0.5, 0.6) is 5.75 Å². The Morgan fingerprint density at radius 3 is 2.20 bits per heavy atom. The van der Waals surface area contributed by atoms with Gasteiger partial charge in [0.1, 0.15) is 17.5 Å². The summed E-state index contributed by atoms with van der Waals surface area (Å²) < 4.78 is 7.64. The molecule has 0 bridgehead atoms. The molecule has 0 aliphatic rings. The number of benzene rings is 4. The van der Waals surface area contributed by atoms with Crippen LogP contribution < -0.4 is 10.1 Å². The van der Waals surface area contributed by atoms with Crippen molar-refractivity contribution >= 4 is 38.9 Å². The van der Waals surface area contributed by atoms with Gasteiger partial charge in [-0.3, -0.25) is 0 Å². The zero-order chi connectivity index (χ0) is 32.0. The molecule has 45 heavy (non-hydrogen) atoms. The van der Waals surface area contributed by atoms with Gasteiger partial charge in [-0.05, 0) is 70.6 Å². The zero-order valence-electron chi connectivity index (χ0n) is 26.0. The number of aromatic nitrogens is 3. The second-order valence-corrected chi connectivity index (χ2v) is 11.1. The molecule has 0 saturated heterocycles. The fraction of sp³-hybridized carbons (Fsp3) is 0.158. The Balaban J connectivity index is 0.000000208. The summed E-state index contributed by atoms with van der Waals surface area (Å²) in [4.78, 5) is 15.0. The second-order valence-electron chi connectivity index (χ2n) is 10.2. The van der Waals surface area contributed by atoms with Gasteiger partial charge in [-0.2, -0.15) is 9.61 Å². The number of carbonyl (C=O) groups excluding carboxylic acids is 1. The van der Waals surface area contributed by atoms with Crippen LogP contribution in [0.4, 0.5) is 5.82 Å². The number of allylic oxidation sites excluding steroid dienone is 1. The van der Waals surface area contributed by atoms with Gasteiger partial charge in [0.15, 0.2) is 5.65 Å². The number of ether oxygens (including phenoxy) is 1. The smallest absolute Gasteiger partial charge is 0.172 e. The average molecular weight is 662 g/mol. The molecule has 6 nitrogen and oxygen atoms in total. The number of para-hydroxylation sites is 1. The summed E-state index contributed by atoms with van der Waals surface area (Å²) in [5, 5.41) is 8.00. The fourth-order valence-electron chi connectivity index (χ4n) is 4.52. The van der Waals surface area contributed by atoms with Crippen LogP contribution in [-0.2, 0) is 17.8 Å². The lowest BCUT2D eigenvalue weighted by Crippen LogP contribution is -2.07. The van der Waals surface area contributed by atoms with E-state index in [0.29, 0.717) is 5.57 Å². The monoisotopic (exact) mass is 660 g/mol. The molecule has 0 saturated carbocycles. The summed E-state index contributed by atoms with van der Waals surface area (Å²) in [6, 6.07) is 38.2. The first-order valence-corrected chi connectivity index (χ1v) is 15.5. The maximum Gasteiger partial charge on any atom is 0.172 e. The number of aryl methyl sites for hydroxylation is 2. The van der Waals surface area contributed by atoms with E-state index in [1.165, 1.54) is 16.7 Å². The van der Waals surface area contributed by atoms with Gasteiger partial charge in [-0.15, -0.1) is 0 Å². The first-order valence-electron chi connectivity index (χ1n) is 14.7. The lowest BCUT2D eigenvalue weighted by molar-refractivity contribution is 0.415. The number of anilines is 1. The number of methoxy groups -OCH3 is 1. The highest BCUT2D eigenvalue weighted by atomic mass is 79.9. The van der Waals surface area contributed by atoms with Crippen LogP contribution in [0.2, 0.25) is 0 Å². The standard InChI is InChI=1S/C22H21BrN4.C9H8O.C7H8O/c1-3-16-8-6-9-17(11-16)13-24-21-12-20(18-10-5-4-7-15(18)2)26-22-19(23)14-25-27(21)22;1-8(7-10)9-5-3-2-4-6-9;1-8-7-5-3-2-4-6-7/h4-12,14,24H,3,13H2,1-2H3;2-6H,1H3;2-6H,1H3. The van der Waals surface area contributed by atoms with Gasteiger partial charge in [0.2, 0.25) is 0 Å². The van der Waals surface area contributed by atoms with Gasteiger partial charge in [0, 0.05) is 23.7 Å². The van der Waals surface area contributed by atoms with E-state index in [-0.39, 0.29) is 0 Å². The van der Waals surface area contributed by atoms with E-state index in [4.69, 9.17) is 9.72 Å². The maximum atomic E-state index is 10.1. The van der Waals surface area contributed by atoms with E-state index in [0.717, 1.165) is 51.5 Å². The van der Waals surface area contributed by atoms with Crippen molar-refractivity contribution < 1.29 is 9.53 Å². The highest BCUT2D eigenvalue weighted by Crippen LogP contribution is 2.28. The van der Waals surface area contributed by atoms with E-state index in [2.05, 4.69) is 82.7 Å². The molecule has 7 heteroatoms. The highest BCUT2D eigenvalue weighted by Gasteiger charge is 2.12. The molecule has 0 unspecified atom stereocenters. The Kier molecular flexibility index (Phi) is 12.3. The van der Waals surface area contributed by atoms with Crippen molar-refractivity contribution in [2.45, 2.75) is 33.7 Å². The van der Waals surface area contributed by atoms with Crippen LogP contribution in [-0.4, -0.2) is 27.6 Å². The molecule has 228 valence electrons. The lowest BCUT2D eigenvalue weighted by Gasteiger charge is -2.12. The topological polar surface area (TPSA) is 68.5 Å². The third kappa shape index (κ3) is 9.26. The predicted octanol–water partition coefficient (Wildman–Crippen LogP) is 9.26. The zero-order valence-corrected chi connectivity index (χ0v) is 27.6. The minimum Gasteiger partial charge on any atom is -0.497 e. The molecule has 0 fully saturated rings. The molecule has 1 N–H and O–H groups in total. The van der Waals surface area contributed by atoms with Gasteiger partial charge in [-0.25, -0.2) is 9.78 Å². The van der Waals surface area contributed by atoms with Crippen molar-refractivity contribution in [3.05, 3.63) is 148 Å². The highest BCUT2D eigenvalue weighted by molar-refractivity contribution is 9.10. The van der Waals surface area contributed by atoms with Crippen LogP contribution >= 0.6 is 15.9 Å². The molecule has 2 aromatic heterocycles. The Labute approximate surface area is 273 Å². The summed E-state index contributed by atoms with van der Waals surface area (Å²) >= 11 is 3.57. The fourth-order valence-corrected chi connectivity index (χ4v) is 4.86. The molecular formula is C38H37BrN4O2. The van der Waals surface area contributed by atoms with Crippen molar-refractivity contribution in [2.24, 2.45) is 0 Å². The quantitative estimate of drug-likeness (QED) is 0.173. The second kappa shape index (κ2) is 16.8. The predicted molar refractivity (Wildman–Crippen MR) is 188 cm³/mol. The Bertz CT molecular complexity index is 1860. The summed E-state index contributed by atoms with van der Waals surface area (Å²) in [5.74, 6) is 3.68. The number of halogens is 1. The summed E-state index contributed by atoms with van der Waals surface area (Å²) in [6.07, 6.45) is 2.82. The third-order valence-electron chi connectivity index (χ3n) is 7.06. The molecule has 0 atom stereocenters. The average Bonchev–Trinajstić information content (AvgIpc) is 3.48. The number of nitrogens with one attached hydrogen (secondary N) is 1. The summed E-state index contributed by atoms with van der Waals surface area (Å²) in [7, 11) is 1.66. The van der Waals surface area contributed by atoms with Gasteiger partial charge in [0.25, 0.3) is 0 Å². The van der Waals surface area contributed by atoms with Crippen molar-refractivity contribution in [1.82, 2.24) is 14.6 Å². The first-order chi connectivity index (χ1) is 21.9. The van der Waals surface area contributed by atoms with Crippen LogP contribution in [0.25, 0.3) is 22.5 Å². The van der Waals surface area contributed by atoms with Crippen molar-refractivity contribution in [3.8, 4) is 17.0 Å². The molecule has 6 aromatic rings. The van der Waals surface area contributed by atoms with E-state index >= 15 is 0 Å². The lowest BCUT2D eigenvalue weighted by atomic mass is 10.1. The maximum absolute atomic E-state index is 10.1. The molecule has 0 amide bonds. The van der Waals surface area contributed by atoms with Gasteiger partial charge in [-0.1, -0.05) is 104 Å². The van der Waals surface area contributed by atoms with Crippen molar-refractivity contribution in [1.29, 1.82) is 0 Å². The van der Waals surface area contributed by atoms with Crippen LogP contribution in [0.3, 0.4) is 0 Å². The summed E-state index contributed by atoms with van der Waals surface area (Å²) in [6.45, 7) is 6.77. The van der Waals surface area contributed by atoms with E-state index in [1.807, 2.05) is 83.3 Å². The number of fused-ring (bicyclic) bond motifs is 1.